The smallest absolute Gasteiger partial charge is 0.318 e. The average Bonchev–Trinajstić information content (AvgIpc) is 2.95. The van der Waals surface area contributed by atoms with Crippen LogP contribution in [-0.4, -0.2) is 15.7 Å². The lowest BCUT2D eigenvalue weighted by atomic mass is 10.1. The van der Waals surface area contributed by atoms with Crippen LogP contribution >= 0.6 is 22.6 Å². The number of hydrogen-bond acceptors (Lipinski definition) is 4. The molecular formula is C20H16F3IN4O2. The van der Waals surface area contributed by atoms with Gasteiger partial charge in [-0.2, -0.15) is 18.3 Å². The lowest BCUT2D eigenvalue weighted by Gasteiger charge is -2.09. The van der Waals surface area contributed by atoms with Crippen LogP contribution in [0.3, 0.4) is 0 Å². The molecule has 0 saturated heterocycles. The summed E-state index contributed by atoms with van der Waals surface area (Å²) in [5.74, 6) is 0. The molecule has 0 spiro atoms. The molecule has 0 aliphatic carbocycles. The Hall–Kier alpha value is -2.89. The third-order valence-electron chi connectivity index (χ3n) is 4.47. The van der Waals surface area contributed by atoms with E-state index in [0.717, 1.165) is 38.3 Å². The van der Waals surface area contributed by atoms with E-state index < -0.39 is 22.4 Å². The van der Waals surface area contributed by atoms with Gasteiger partial charge in [-0.1, -0.05) is 0 Å². The Morgan fingerprint density at radius 1 is 1.13 bits per heavy atom. The summed E-state index contributed by atoms with van der Waals surface area (Å²) in [6.07, 6.45) is -3.19. The first-order chi connectivity index (χ1) is 14.1. The molecule has 0 unspecified atom stereocenters. The van der Waals surface area contributed by atoms with E-state index in [1.165, 1.54) is 6.21 Å². The Labute approximate surface area is 183 Å². The molecular weight excluding hydrogens is 512 g/mol. The van der Waals surface area contributed by atoms with Crippen molar-refractivity contribution in [2.24, 2.45) is 5.10 Å². The molecule has 0 bridgehead atoms. The molecule has 1 N–H and O–H groups in total. The summed E-state index contributed by atoms with van der Waals surface area (Å²) in [4.78, 5) is 10.3. The number of nitrogens with one attached hydrogen (secondary N) is 1. The van der Waals surface area contributed by atoms with Crippen LogP contribution in [0.25, 0.3) is 5.69 Å². The van der Waals surface area contributed by atoms with Crippen LogP contribution < -0.4 is 5.43 Å². The Bertz CT molecular complexity index is 1120. The first-order valence-electron chi connectivity index (χ1n) is 8.67. The first-order valence-corrected chi connectivity index (χ1v) is 9.75. The minimum Gasteiger partial charge on any atom is -0.318 e. The summed E-state index contributed by atoms with van der Waals surface area (Å²) in [7, 11) is 0. The van der Waals surface area contributed by atoms with Crippen molar-refractivity contribution in [1.29, 1.82) is 0 Å². The SMILES string of the molecule is Cc1cc(C=NNc2ccc(C(F)(F)F)cc2[N+](=O)[O-])c(C)n1-c1ccc(I)cc1. The number of halogens is 4. The third-order valence-corrected chi connectivity index (χ3v) is 5.18. The van der Waals surface area contributed by atoms with Gasteiger partial charge in [0.15, 0.2) is 0 Å². The van der Waals surface area contributed by atoms with E-state index >= 15 is 0 Å². The normalized spacial score (nSPS) is 11.8. The molecule has 30 heavy (non-hydrogen) atoms. The van der Waals surface area contributed by atoms with E-state index in [0.29, 0.717) is 6.07 Å². The largest absolute Gasteiger partial charge is 0.416 e. The molecule has 0 fully saturated rings. The number of hydrazone groups is 1. The van der Waals surface area contributed by atoms with Crippen LogP contribution in [0.4, 0.5) is 24.5 Å². The van der Waals surface area contributed by atoms with Gasteiger partial charge in [-0.3, -0.25) is 15.5 Å². The predicted octanol–water partition coefficient (Wildman–Crippen LogP) is 6.07. The Morgan fingerprint density at radius 2 is 1.80 bits per heavy atom. The molecule has 0 amide bonds. The molecule has 10 heteroatoms. The van der Waals surface area contributed by atoms with Gasteiger partial charge in [0.2, 0.25) is 0 Å². The minimum absolute atomic E-state index is 0.129. The highest BCUT2D eigenvalue weighted by molar-refractivity contribution is 14.1. The molecule has 0 radical (unpaired) electrons. The van der Waals surface area contributed by atoms with Crippen molar-refractivity contribution in [3.05, 3.63) is 84.7 Å². The summed E-state index contributed by atoms with van der Waals surface area (Å²) < 4.78 is 41.6. The molecule has 0 aliphatic rings. The van der Waals surface area contributed by atoms with Gasteiger partial charge in [-0.25, -0.2) is 0 Å². The van der Waals surface area contributed by atoms with Crippen LogP contribution in [0.2, 0.25) is 0 Å². The second kappa shape index (κ2) is 8.46. The fraction of sp³-hybridized carbons (Fsp3) is 0.150. The predicted molar refractivity (Wildman–Crippen MR) is 117 cm³/mol. The second-order valence-electron chi connectivity index (χ2n) is 6.50. The van der Waals surface area contributed by atoms with Crippen LogP contribution in [0.1, 0.15) is 22.5 Å². The standard InChI is InChI=1S/C20H16F3IN4O2/c1-12-9-14(13(2)27(12)17-6-4-16(24)5-7-17)11-25-26-18-8-3-15(20(21,22)23)10-19(18)28(29)30/h3-11,26H,1-2H3. The quantitative estimate of drug-likeness (QED) is 0.189. The highest BCUT2D eigenvalue weighted by Gasteiger charge is 2.33. The van der Waals surface area contributed by atoms with Crippen molar-refractivity contribution in [1.82, 2.24) is 4.57 Å². The van der Waals surface area contributed by atoms with Crippen LogP contribution in [0, 0.1) is 27.5 Å². The Kier molecular flexibility index (Phi) is 6.15. The van der Waals surface area contributed by atoms with Crippen molar-refractivity contribution >= 4 is 40.2 Å². The Morgan fingerprint density at radius 3 is 2.40 bits per heavy atom. The molecule has 1 heterocycles. The van der Waals surface area contributed by atoms with Gasteiger partial charge in [0.1, 0.15) is 5.69 Å². The average molecular weight is 528 g/mol. The first kappa shape index (κ1) is 21.8. The number of aromatic nitrogens is 1. The number of nitro benzene ring substituents is 1. The number of benzene rings is 2. The van der Waals surface area contributed by atoms with Gasteiger partial charge in [0.25, 0.3) is 5.69 Å². The number of hydrogen-bond donors (Lipinski definition) is 1. The molecule has 1 aromatic heterocycles. The maximum absolute atomic E-state index is 12.8. The van der Waals surface area contributed by atoms with Crippen molar-refractivity contribution in [2.45, 2.75) is 20.0 Å². The van der Waals surface area contributed by atoms with E-state index in [9.17, 15) is 23.3 Å². The van der Waals surface area contributed by atoms with Crippen molar-refractivity contribution in [3.63, 3.8) is 0 Å². The van der Waals surface area contributed by atoms with Crippen molar-refractivity contribution in [3.8, 4) is 5.69 Å². The summed E-state index contributed by atoms with van der Waals surface area (Å²) in [6.45, 7) is 3.85. The second-order valence-corrected chi connectivity index (χ2v) is 7.74. The number of rotatable bonds is 5. The minimum atomic E-state index is -4.67. The van der Waals surface area contributed by atoms with Crippen LogP contribution in [0.5, 0.6) is 0 Å². The summed E-state index contributed by atoms with van der Waals surface area (Å²) in [6, 6.07) is 12.1. The van der Waals surface area contributed by atoms with Gasteiger partial charge in [-0.05, 0) is 78.9 Å². The lowest BCUT2D eigenvalue weighted by Crippen LogP contribution is -2.06. The highest BCUT2D eigenvalue weighted by atomic mass is 127. The van der Waals surface area contributed by atoms with Gasteiger partial charge >= 0.3 is 6.18 Å². The van der Waals surface area contributed by atoms with E-state index in [1.54, 1.807) is 0 Å². The van der Waals surface area contributed by atoms with E-state index in [1.807, 2.05) is 48.7 Å². The lowest BCUT2D eigenvalue weighted by molar-refractivity contribution is -0.384. The number of aryl methyl sites for hydroxylation is 1. The molecule has 2 aromatic carbocycles. The van der Waals surface area contributed by atoms with Gasteiger partial charge < -0.3 is 4.57 Å². The topological polar surface area (TPSA) is 72.5 Å². The summed E-state index contributed by atoms with van der Waals surface area (Å²) in [5.41, 5.74) is 4.18. The van der Waals surface area contributed by atoms with Gasteiger partial charge in [-0.15, -0.1) is 0 Å². The number of nitrogens with zero attached hydrogens (tertiary/aromatic N) is 3. The molecule has 6 nitrogen and oxygen atoms in total. The number of anilines is 1. The van der Waals surface area contributed by atoms with Crippen molar-refractivity contribution in [2.75, 3.05) is 5.43 Å². The fourth-order valence-corrected chi connectivity index (χ4v) is 3.39. The van der Waals surface area contributed by atoms with Gasteiger partial charge in [0, 0.05) is 32.3 Å². The molecule has 156 valence electrons. The fourth-order valence-electron chi connectivity index (χ4n) is 3.03. The van der Waals surface area contributed by atoms with E-state index in [-0.39, 0.29) is 5.69 Å². The number of nitro groups is 1. The maximum atomic E-state index is 12.8. The molecule has 0 atom stereocenters. The Balaban J connectivity index is 1.87. The molecule has 0 saturated carbocycles. The zero-order chi connectivity index (χ0) is 22.1. The molecule has 3 rings (SSSR count). The van der Waals surface area contributed by atoms with E-state index in [4.69, 9.17) is 0 Å². The zero-order valence-corrected chi connectivity index (χ0v) is 18.0. The van der Waals surface area contributed by atoms with Crippen molar-refractivity contribution < 1.29 is 18.1 Å². The molecule has 0 aliphatic heterocycles. The van der Waals surface area contributed by atoms with Crippen LogP contribution in [0.15, 0.2) is 53.6 Å². The molecule has 3 aromatic rings. The zero-order valence-electron chi connectivity index (χ0n) is 15.9. The third kappa shape index (κ3) is 4.64. The van der Waals surface area contributed by atoms with Crippen LogP contribution in [-0.2, 0) is 6.18 Å². The van der Waals surface area contributed by atoms with E-state index in [2.05, 4.69) is 33.1 Å². The summed E-state index contributed by atoms with van der Waals surface area (Å²) >= 11 is 2.23. The highest BCUT2D eigenvalue weighted by Crippen LogP contribution is 2.35. The number of alkyl halides is 3. The van der Waals surface area contributed by atoms with Gasteiger partial charge in [0.05, 0.1) is 16.7 Å². The monoisotopic (exact) mass is 528 g/mol. The summed E-state index contributed by atoms with van der Waals surface area (Å²) in [5, 5.41) is 15.2. The maximum Gasteiger partial charge on any atom is 0.416 e.